The molecule has 1 fully saturated rings. The van der Waals surface area contributed by atoms with E-state index in [-0.39, 0.29) is 39.5 Å². The Balaban J connectivity index is 1.48. The first kappa shape index (κ1) is 21.9. The van der Waals surface area contributed by atoms with Crippen LogP contribution >= 0.6 is 11.3 Å². The minimum Gasteiger partial charge on any atom is -0.389 e. The fourth-order valence-corrected chi connectivity index (χ4v) is 5.77. The highest BCUT2D eigenvalue weighted by molar-refractivity contribution is 7.19. The summed E-state index contributed by atoms with van der Waals surface area (Å²) in [5.74, 6) is -1.78. The number of rotatable bonds is 5. The molecule has 2 aliphatic rings. The molecule has 0 radical (unpaired) electrons. The van der Waals surface area contributed by atoms with Crippen LogP contribution in [0, 0.1) is 11.6 Å². The van der Waals surface area contributed by atoms with E-state index in [2.05, 4.69) is 14.9 Å². The first-order chi connectivity index (χ1) is 15.9. The third kappa shape index (κ3) is 4.11. The molecular weight excluding hydrogens is 444 g/mol. The number of anilines is 2. The van der Waals surface area contributed by atoms with Gasteiger partial charge < -0.3 is 16.4 Å². The van der Waals surface area contributed by atoms with Crippen molar-refractivity contribution < 1.29 is 13.6 Å². The monoisotopic (exact) mass is 469 g/mol. The lowest BCUT2D eigenvalue weighted by Crippen LogP contribution is -2.43. The highest BCUT2D eigenvalue weighted by Gasteiger charge is 2.28. The number of nitrogen functional groups attached to an aromatic ring is 1. The van der Waals surface area contributed by atoms with Gasteiger partial charge in [0.1, 0.15) is 27.3 Å². The molecule has 33 heavy (non-hydrogen) atoms. The summed E-state index contributed by atoms with van der Waals surface area (Å²) in [5.41, 5.74) is 16.3. The molecule has 0 spiro atoms. The van der Waals surface area contributed by atoms with E-state index in [4.69, 9.17) is 11.5 Å². The Labute approximate surface area is 194 Å². The van der Waals surface area contributed by atoms with Gasteiger partial charge >= 0.3 is 0 Å². The van der Waals surface area contributed by atoms with Gasteiger partial charge in [-0.3, -0.25) is 9.78 Å². The molecule has 1 aromatic carbocycles. The number of hydrogen-bond donors (Lipinski definition) is 2. The topological polar surface area (TPSA) is 98.1 Å². The third-order valence-corrected chi connectivity index (χ3v) is 7.28. The molecule has 6 nitrogen and oxygen atoms in total. The van der Waals surface area contributed by atoms with E-state index in [0.29, 0.717) is 0 Å². The van der Waals surface area contributed by atoms with Crippen LogP contribution in [-0.4, -0.2) is 34.9 Å². The minimum absolute atomic E-state index is 0.0412. The molecule has 0 unspecified atom stereocenters. The van der Waals surface area contributed by atoms with Crippen molar-refractivity contribution in [1.29, 1.82) is 0 Å². The summed E-state index contributed by atoms with van der Waals surface area (Å²) in [6, 6.07) is 3.69. The van der Waals surface area contributed by atoms with E-state index in [0.717, 1.165) is 85.6 Å². The average Bonchev–Trinajstić information content (AvgIpc) is 3.40. The number of benzene rings is 1. The van der Waals surface area contributed by atoms with Crippen LogP contribution in [-0.2, 0) is 19.3 Å². The molecule has 172 valence electrons. The van der Waals surface area contributed by atoms with Crippen molar-refractivity contribution in [1.82, 2.24) is 9.97 Å². The van der Waals surface area contributed by atoms with Crippen LogP contribution in [0.3, 0.4) is 0 Å². The predicted molar refractivity (Wildman–Crippen MR) is 126 cm³/mol. The Morgan fingerprint density at radius 1 is 1.21 bits per heavy atom. The van der Waals surface area contributed by atoms with Crippen LogP contribution in [0.1, 0.15) is 46.6 Å². The van der Waals surface area contributed by atoms with Crippen LogP contribution in [0.5, 0.6) is 0 Å². The van der Waals surface area contributed by atoms with E-state index >= 15 is 0 Å². The van der Waals surface area contributed by atoms with Crippen molar-refractivity contribution in [2.24, 2.45) is 5.73 Å². The molecular formula is C24H25F2N5OS. The SMILES string of the molecule is Nc1sc(-c2c(F)cccc2F)nc1C(=O)Cc1cnc2c(c1N1CCC[C@H](N)C1)CCC2. The van der Waals surface area contributed by atoms with Gasteiger partial charge in [-0.25, -0.2) is 13.8 Å². The number of aryl methyl sites for hydroxylation is 1. The van der Waals surface area contributed by atoms with Gasteiger partial charge in [0, 0.05) is 48.7 Å². The average molecular weight is 470 g/mol. The van der Waals surface area contributed by atoms with E-state index in [1.807, 2.05) is 0 Å². The highest BCUT2D eigenvalue weighted by Crippen LogP contribution is 2.37. The quantitative estimate of drug-likeness (QED) is 0.550. The Bertz CT molecular complexity index is 1210. The standard InChI is InChI=1S/C24H25F2N5OS/c25-16-6-2-7-17(26)20(16)24-30-21(23(28)33-24)19(32)10-13-11-29-18-8-1-5-15(18)22(13)31-9-3-4-14(27)12-31/h2,6-7,11,14H,1,3-5,8-10,12,27-28H2/t14-/m0/s1. The lowest BCUT2D eigenvalue weighted by Gasteiger charge is -2.35. The largest absolute Gasteiger partial charge is 0.389 e. The second-order valence-electron chi connectivity index (χ2n) is 8.69. The maximum atomic E-state index is 14.2. The van der Waals surface area contributed by atoms with Crippen LogP contribution in [0.2, 0.25) is 0 Å². The second kappa shape index (κ2) is 8.79. The molecule has 9 heteroatoms. The third-order valence-electron chi connectivity index (χ3n) is 6.37. The van der Waals surface area contributed by atoms with Gasteiger partial charge in [-0.1, -0.05) is 17.4 Å². The number of ketones is 1. The lowest BCUT2D eigenvalue weighted by atomic mass is 9.98. The Hall–Kier alpha value is -2.91. The predicted octanol–water partition coefficient (Wildman–Crippen LogP) is 3.91. The van der Waals surface area contributed by atoms with Crippen LogP contribution in [0.25, 0.3) is 10.6 Å². The maximum absolute atomic E-state index is 14.2. The van der Waals surface area contributed by atoms with Gasteiger partial charge in [0.05, 0.1) is 5.56 Å². The number of nitrogens with zero attached hydrogens (tertiary/aromatic N) is 3. The Kier molecular flexibility index (Phi) is 5.84. The summed E-state index contributed by atoms with van der Waals surface area (Å²) in [7, 11) is 0. The van der Waals surface area contributed by atoms with Gasteiger partial charge in [-0.15, -0.1) is 0 Å². The van der Waals surface area contributed by atoms with E-state index in [9.17, 15) is 13.6 Å². The Morgan fingerprint density at radius 2 is 2.00 bits per heavy atom. The first-order valence-corrected chi connectivity index (χ1v) is 12.0. The van der Waals surface area contributed by atoms with Crippen molar-refractivity contribution in [2.75, 3.05) is 23.7 Å². The van der Waals surface area contributed by atoms with Gasteiger partial charge in [0.25, 0.3) is 0 Å². The molecule has 3 heterocycles. The molecule has 1 atom stereocenters. The smallest absolute Gasteiger partial charge is 0.188 e. The van der Waals surface area contributed by atoms with Crippen LogP contribution < -0.4 is 16.4 Å². The number of Topliss-reactive ketones (excluding diaryl/α,β-unsaturated/α-hetero) is 1. The molecule has 5 rings (SSSR count). The van der Waals surface area contributed by atoms with Crippen molar-refractivity contribution >= 4 is 27.8 Å². The second-order valence-corrected chi connectivity index (χ2v) is 9.72. The summed E-state index contributed by atoms with van der Waals surface area (Å²) in [4.78, 5) is 24.4. The van der Waals surface area contributed by atoms with Crippen LogP contribution in [0.4, 0.5) is 19.5 Å². The molecule has 0 amide bonds. The zero-order valence-corrected chi connectivity index (χ0v) is 18.9. The van der Waals surface area contributed by atoms with Crippen molar-refractivity contribution in [3.05, 3.63) is 58.5 Å². The summed E-state index contributed by atoms with van der Waals surface area (Å²) in [5, 5.41) is 0.203. The van der Waals surface area contributed by atoms with E-state index in [1.54, 1.807) is 6.20 Å². The van der Waals surface area contributed by atoms with Gasteiger partial charge in [-0.05, 0) is 49.8 Å². The zero-order chi connectivity index (χ0) is 23.1. The van der Waals surface area contributed by atoms with Gasteiger partial charge in [0.15, 0.2) is 5.78 Å². The van der Waals surface area contributed by atoms with Crippen LogP contribution in [0.15, 0.2) is 24.4 Å². The van der Waals surface area contributed by atoms with E-state index < -0.39 is 11.6 Å². The summed E-state index contributed by atoms with van der Waals surface area (Å²) in [6.45, 7) is 1.63. The summed E-state index contributed by atoms with van der Waals surface area (Å²) < 4.78 is 28.4. The number of hydrogen-bond acceptors (Lipinski definition) is 7. The number of piperidine rings is 1. The Morgan fingerprint density at radius 3 is 2.76 bits per heavy atom. The molecule has 2 aromatic heterocycles. The molecule has 0 saturated carbocycles. The summed E-state index contributed by atoms with van der Waals surface area (Å²) in [6.07, 6.45) is 6.74. The highest BCUT2D eigenvalue weighted by atomic mass is 32.1. The fourth-order valence-electron chi connectivity index (χ4n) is 4.87. The van der Waals surface area contributed by atoms with E-state index in [1.165, 1.54) is 11.6 Å². The first-order valence-electron chi connectivity index (χ1n) is 11.2. The normalized spacial score (nSPS) is 17.9. The van der Waals surface area contributed by atoms with Gasteiger partial charge in [0.2, 0.25) is 0 Å². The number of carbonyl (C=O) groups excluding carboxylic acids is 1. The number of nitrogens with two attached hydrogens (primary N) is 2. The summed E-state index contributed by atoms with van der Waals surface area (Å²) >= 11 is 0.911. The molecule has 1 aliphatic carbocycles. The maximum Gasteiger partial charge on any atom is 0.188 e. The zero-order valence-electron chi connectivity index (χ0n) is 18.1. The fraction of sp³-hybridized carbons (Fsp3) is 0.375. The molecule has 4 N–H and O–H groups in total. The number of pyridine rings is 1. The molecule has 0 bridgehead atoms. The number of carbonyl (C=O) groups is 1. The number of halogens is 2. The number of aromatic nitrogens is 2. The number of thiazole rings is 1. The van der Waals surface area contributed by atoms with Crippen molar-refractivity contribution in [3.63, 3.8) is 0 Å². The molecule has 3 aromatic rings. The molecule has 1 aliphatic heterocycles. The van der Waals surface area contributed by atoms with Crippen molar-refractivity contribution in [3.8, 4) is 10.6 Å². The lowest BCUT2D eigenvalue weighted by molar-refractivity contribution is 0.0989. The minimum atomic E-state index is -0.741. The van der Waals surface area contributed by atoms with Gasteiger partial charge in [-0.2, -0.15) is 0 Å². The van der Waals surface area contributed by atoms with Crippen molar-refractivity contribution in [2.45, 2.75) is 44.6 Å². The molecule has 1 saturated heterocycles. The number of fused-ring (bicyclic) bond motifs is 1.